The molecule has 0 amide bonds. The van der Waals surface area contributed by atoms with Gasteiger partial charge in [-0.1, -0.05) is 22.0 Å². The van der Waals surface area contributed by atoms with Gasteiger partial charge in [0.2, 0.25) is 0 Å². The van der Waals surface area contributed by atoms with Crippen LogP contribution in [0.5, 0.6) is 5.75 Å². The lowest BCUT2D eigenvalue weighted by Crippen LogP contribution is -2.10. The number of benzene rings is 1. The Morgan fingerprint density at radius 3 is 2.95 bits per heavy atom. The Bertz CT molecular complexity index is 773. The van der Waals surface area contributed by atoms with E-state index in [2.05, 4.69) is 48.1 Å². The largest absolute Gasteiger partial charge is 0.496 e. The van der Waals surface area contributed by atoms with Gasteiger partial charge in [0.05, 0.1) is 19.5 Å². The number of aromatic amines is 1. The zero-order valence-corrected chi connectivity index (χ0v) is 13.2. The zero-order valence-electron chi connectivity index (χ0n) is 11.6. The minimum atomic E-state index is 0.0226. The molecular formula is C14H14BrN5O. The Morgan fingerprint density at radius 1 is 1.29 bits per heavy atom. The third kappa shape index (κ3) is 2.69. The molecule has 3 rings (SSSR count). The average molecular weight is 348 g/mol. The number of imidazole rings is 1. The van der Waals surface area contributed by atoms with Crippen molar-refractivity contribution in [2.75, 3.05) is 12.4 Å². The zero-order chi connectivity index (χ0) is 14.8. The summed E-state index contributed by atoms with van der Waals surface area (Å²) in [5.41, 5.74) is 2.48. The fourth-order valence-electron chi connectivity index (χ4n) is 2.20. The van der Waals surface area contributed by atoms with E-state index in [1.54, 1.807) is 13.4 Å². The quantitative estimate of drug-likeness (QED) is 0.757. The third-order valence-corrected chi connectivity index (χ3v) is 3.73. The van der Waals surface area contributed by atoms with E-state index in [1.807, 2.05) is 18.2 Å². The molecule has 2 aromatic heterocycles. The first kappa shape index (κ1) is 13.8. The van der Waals surface area contributed by atoms with Gasteiger partial charge in [-0.25, -0.2) is 15.0 Å². The van der Waals surface area contributed by atoms with Crippen LogP contribution < -0.4 is 10.1 Å². The number of nitrogens with one attached hydrogen (secondary N) is 2. The van der Waals surface area contributed by atoms with Gasteiger partial charge >= 0.3 is 0 Å². The molecule has 1 unspecified atom stereocenters. The predicted molar refractivity (Wildman–Crippen MR) is 84.4 cm³/mol. The van der Waals surface area contributed by atoms with Crippen LogP contribution in [0, 0.1) is 0 Å². The first-order valence-corrected chi connectivity index (χ1v) is 7.22. The highest BCUT2D eigenvalue weighted by molar-refractivity contribution is 9.10. The molecule has 0 spiro atoms. The van der Waals surface area contributed by atoms with Crippen molar-refractivity contribution < 1.29 is 4.74 Å². The van der Waals surface area contributed by atoms with Crippen molar-refractivity contribution in [3.05, 3.63) is 40.9 Å². The molecule has 1 atom stereocenters. The first-order chi connectivity index (χ1) is 10.2. The summed E-state index contributed by atoms with van der Waals surface area (Å²) < 4.78 is 6.41. The van der Waals surface area contributed by atoms with Gasteiger partial charge in [-0.3, -0.25) is 0 Å². The molecule has 6 nitrogen and oxygen atoms in total. The van der Waals surface area contributed by atoms with E-state index >= 15 is 0 Å². The van der Waals surface area contributed by atoms with E-state index < -0.39 is 0 Å². The summed E-state index contributed by atoms with van der Waals surface area (Å²) in [6.45, 7) is 2.05. The molecule has 108 valence electrons. The highest BCUT2D eigenvalue weighted by Gasteiger charge is 2.14. The summed E-state index contributed by atoms with van der Waals surface area (Å²) >= 11 is 3.45. The topological polar surface area (TPSA) is 75.7 Å². The SMILES string of the molecule is COc1cc(Br)ccc1C(C)Nc1ncnc2nc[nH]c12. The Balaban J connectivity index is 1.93. The van der Waals surface area contributed by atoms with Crippen molar-refractivity contribution in [2.24, 2.45) is 0 Å². The van der Waals surface area contributed by atoms with Gasteiger partial charge in [0, 0.05) is 10.0 Å². The average Bonchev–Trinajstić information content (AvgIpc) is 2.96. The summed E-state index contributed by atoms with van der Waals surface area (Å²) in [6, 6.07) is 5.97. The fourth-order valence-corrected chi connectivity index (χ4v) is 2.54. The molecule has 0 aliphatic rings. The molecule has 0 bridgehead atoms. The molecular weight excluding hydrogens is 334 g/mol. The van der Waals surface area contributed by atoms with Gasteiger partial charge in [-0.15, -0.1) is 0 Å². The van der Waals surface area contributed by atoms with Gasteiger partial charge in [0.15, 0.2) is 11.5 Å². The molecule has 0 aliphatic heterocycles. The van der Waals surface area contributed by atoms with Crippen LogP contribution in [0.1, 0.15) is 18.5 Å². The molecule has 2 heterocycles. The normalized spacial score (nSPS) is 12.3. The van der Waals surface area contributed by atoms with Gasteiger partial charge in [-0.05, 0) is 19.1 Å². The maximum atomic E-state index is 5.43. The predicted octanol–water partition coefficient (Wildman–Crippen LogP) is 3.30. The van der Waals surface area contributed by atoms with Crippen LogP contribution in [0.3, 0.4) is 0 Å². The second kappa shape index (κ2) is 5.69. The maximum Gasteiger partial charge on any atom is 0.182 e. The number of hydrogen-bond donors (Lipinski definition) is 2. The van der Waals surface area contributed by atoms with Crippen molar-refractivity contribution in [3.8, 4) is 5.75 Å². The second-order valence-electron chi connectivity index (χ2n) is 4.58. The van der Waals surface area contributed by atoms with Crippen molar-refractivity contribution >= 4 is 32.9 Å². The number of methoxy groups -OCH3 is 1. The lowest BCUT2D eigenvalue weighted by atomic mass is 10.1. The number of aromatic nitrogens is 4. The van der Waals surface area contributed by atoms with Crippen molar-refractivity contribution in [1.29, 1.82) is 0 Å². The van der Waals surface area contributed by atoms with Crippen molar-refractivity contribution in [2.45, 2.75) is 13.0 Å². The van der Waals surface area contributed by atoms with Crippen LogP contribution >= 0.6 is 15.9 Å². The minimum Gasteiger partial charge on any atom is -0.496 e. The third-order valence-electron chi connectivity index (χ3n) is 3.24. The van der Waals surface area contributed by atoms with E-state index in [0.717, 1.165) is 27.1 Å². The number of halogens is 1. The molecule has 0 saturated carbocycles. The molecule has 0 radical (unpaired) electrons. The standard InChI is InChI=1S/C14H14BrN5O/c1-8(10-4-3-9(15)5-11(10)21-2)20-14-12-13(17-6-16-12)18-7-19-14/h3-8H,1-2H3,(H2,16,17,18,19,20). The maximum absolute atomic E-state index is 5.43. The Morgan fingerprint density at radius 2 is 2.14 bits per heavy atom. The number of H-pyrrole nitrogens is 1. The van der Waals surface area contributed by atoms with Gasteiger partial charge < -0.3 is 15.0 Å². The van der Waals surface area contributed by atoms with Gasteiger partial charge in [0.1, 0.15) is 17.6 Å². The lowest BCUT2D eigenvalue weighted by Gasteiger charge is -2.18. The molecule has 0 aliphatic carbocycles. The molecule has 1 aromatic carbocycles. The van der Waals surface area contributed by atoms with E-state index in [4.69, 9.17) is 4.74 Å². The van der Waals surface area contributed by atoms with Crippen LogP contribution in [0.2, 0.25) is 0 Å². The summed E-state index contributed by atoms with van der Waals surface area (Å²) in [4.78, 5) is 15.5. The second-order valence-corrected chi connectivity index (χ2v) is 5.49. The van der Waals surface area contributed by atoms with Crippen LogP contribution in [0.25, 0.3) is 11.2 Å². The molecule has 2 N–H and O–H groups in total. The lowest BCUT2D eigenvalue weighted by molar-refractivity contribution is 0.407. The molecule has 0 fully saturated rings. The van der Waals surface area contributed by atoms with E-state index in [-0.39, 0.29) is 6.04 Å². The summed E-state index contributed by atoms with van der Waals surface area (Å²) in [7, 11) is 1.66. The van der Waals surface area contributed by atoms with Crippen molar-refractivity contribution in [1.82, 2.24) is 19.9 Å². The first-order valence-electron chi connectivity index (χ1n) is 6.43. The highest BCUT2D eigenvalue weighted by atomic mass is 79.9. The fraction of sp³-hybridized carbons (Fsp3) is 0.214. The van der Waals surface area contributed by atoms with E-state index in [1.165, 1.54) is 6.33 Å². The molecule has 0 saturated heterocycles. The van der Waals surface area contributed by atoms with Gasteiger partial charge in [-0.2, -0.15) is 0 Å². The van der Waals surface area contributed by atoms with Crippen LogP contribution in [0.15, 0.2) is 35.3 Å². The van der Waals surface area contributed by atoms with Crippen molar-refractivity contribution in [3.63, 3.8) is 0 Å². The molecule has 7 heteroatoms. The summed E-state index contributed by atoms with van der Waals surface area (Å²) in [5, 5.41) is 3.36. The summed E-state index contributed by atoms with van der Waals surface area (Å²) in [6.07, 6.45) is 3.10. The Hall–Kier alpha value is -2.15. The summed E-state index contributed by atoms with van der Waals surface area (Å²) in [5.74, 6) is 1.54. The number of ether oxygens (including phenoxy) is 1. The monoisotopic (exact) mass is 347 g/mol. The molecule has 3 aromatic rings. The number of anilines is 1. The van der Waals surface area contributed by atoms with Crippen LogP contribution in [-0.2, 0) is 0 Å². The number of fused-ring (bicyclic) bond motifs is 1. The number of nitrogens with zero attached hydrogens (tertiary/aromatic N) is 3. The smallest absolute Gasteiger partial charge is 0.182 e. The minimum absolute atomic E-state index is 0.0226. The van der Waals surface area contributed by atoms with Crippen LogP contribution in [-0.4, -0.2) is 27.0 Å². The highest BCUT2D eigenvalue weighted by Crippen LogP contribution is 2.30. The van der Waals surface area contributed by atoms with Crippen LogP contribution in [0.4, 0.5) is 5.82 Å². The van der Waals surface area contributed by atoms with E-state index in [0.29, 0.717) is 5.65 Å². The Kier molecular flexibility index (Phi) is 3.74. The van der Waals surface area contributed by atoms with Gasteiger partial charge in [0.25, 0.3) is 0 Å². The molecule has 21 heavy (non-hydrogen) atoms. The number of hydrogen-bond acceptors (Lipinski definition) is 5. The number of rotatable bonds is 4. The van der Waals surface area contributed by atoms with E-state index in [9.17, 15) is 0 Å². The Labute approximate surface area is 130 Å².